The molecule has 0 unspecified atom stereocenters. The fraction of sp³-hybridized carbons (Fsp3) is 0.300. The Morgan fingerprint density at radius 1 is 1.08 bits per heavy atom. The van der Waals surface area contributed by atoms with Crippen molar-refractivity contribution in [1.82, 2.24) is 9.80 Å². The maximum absolute atomic E-state index is 12.8. The molecule has 2 aromatic carbocycles. The maximum Gasteiger partial charge on any atom is 0.266 e. The molecule has 0 N–H and O–H groups in total. The lowest BCUT2D eigenvalue weighted by atomic mass is 10.1. The lowest BCUT2D eigenvalue weighted by Crippen LogP contribution is -2.42. The minimum atomic E-state index is 0.0152. The molecule has 2 aliphatic heterocycles. The van der Waals surface area contributed by atoms with E-state index in [1.54, 1.807) is 4.90 Å². The number of carbonyl (C=O) groups is 1. The van der Waals surface area contributed by atoms with Crippen LogP contribution in [0.4, 0.5) is 0 Å². The number of thiocarbonyl (C=S) groups is 1. The highest BCUT2D eigenvalue weighted by atomic mass is 32.2. The molecular formula is C20H20N2O2S2. The van der Waals surface area contributed by atoms with Crippen LogP contribution in [0.3, 0.4) is 0 Å². The molecular weight excluding hydrogens is 364 g/mol. The molecule has 4 nitrogen and oxygen atoms in total. The number of fused-ring (bicyclic) bond motifs is 1. The molecule has 2 fully saturated rings. The molecule has 2 aromatic rings. The second-order valence-corrected chi connectivity index (χ2v) is 8.07. The smallest absolute Gasteiger partial charge is 0.266 e. The van der Waals surface area contributed by atoms with E-state index in [4.69, 9.17) is 17.0 Å². The van der Waals surface area contributed by atoms with Gasteiger partial charge in [0.25, 0.3) is 5.91 Å². The number of carbonyl (C=O) groups excluding carboxylic acids is 1. The van der Waals surface area contributed by atoms with Crippen molar-refractivity contribution in [1.29, 1.82) is 0 Å². The van der Waals surface area contributed by atoms with Gasteiger partial charge < -0.3 is 4.74 Å². The number of amides is 1. The molecule has 0 atom stereocenters. The number of morpholine rings is 1. The number of thioether (sulfide) groups is 1. The number of hydrogen-bond acceptors (Lipinski definition) is 5. The SMILES string of the molecule is O=C1/C(=C/c2ccc3ccccc3c2)SC(=S)N1CCN1CCOCC1. The summed E-state index contributed by atoms with van der Waals surface area (Å²) in [6.07, 6.45) is 1.94. The van der Waals surface area contributed by atoms with E-state index < -0.39 is 0 Å². The van der Waals surface area contributed by atoms with Crippen LogP contribution in [0.2, 0.25) is 0 Å². The van der Waals surface area contributed by atoms with Gasteiger partial charge in [-0.3, -0.25) is 14.6 Å². The van der Waals surface area contributed by atoms with Crippen molar-refractivity contribution >= 4 is 51.1 Å². The van der Waals surface area contributed by atoms with E-state index in [1.807, 2.05) is 24.3 Å². The number of benzene rings is 2. The van der Waals surface area contributed by atoms with Gasteiger partial charge >= 0.3 is 0 Å². The third-order valence-corrected chi connectivity index (χ3v) is 6.07. The molecule has 0 bridgehead atoms. The number of nitrogens with zero attached hydrogens (tertiary/aromatic N) is 2. The second-order valence-electron chi connectivity index (χ2n) is 6.39. The van der Waals surface area contributed by atoms with Gasteiger partial charge in [0.1, 0.15) is 4.32 Å². The summed E-state index contributed by atoms with van der Waals surface area (Å²) in [5.41, 5.74) is 1.03. The van der Waals surface area contributed by atoms with Crippen LogP contribution in [0.15, 0.2) is 47.4 Å². The Labute approximate surface area is 162 Å². The zero-order chi connectivity index (χ0) is 17.9. The summed E-state index contributed by atoms with van der Waals surface area (Å²) in [5, 5.41) is 2.37. The molecule has 0 radical (unpaired) electrons. The average Bonchev–Trinajstić information content (AvgIpc) is 2.94. The Bertz CT molecular complexity index is 875. The lowest BCUT2D eigenvalue weighted by molar-refractivity contribution is -0.122. The van der Waals surface area contributed by atoms with Crippen LogP contribution < -0.4 is 0 Å². The van der Waals surface area contributed by atoms with Crippen molar-refractivity contribution in [2.45, 2.75) is 0 Å². The van der Waals surface area contributed by atoms with Crippen LogP contribution in [-0.2, 0) is 9.53 Å². The van der Waals surface area contributed by atoms with Crippen LogP contribution in [0.5, 0.6) is 0 Å². The third-order valence-electron chi connectivity index (χ3n) is 4.69. The van der Waals surface area contributed by atoms with E-state index in [9.17, 15) is 4.79 Å². The van der Waals surface area contributed by atoms with Gasteiger partial charge in [-0.2, -0.15) is 0 Å². The average molecular weight is 385 g/mol. The molecule has 4 rings (SSSR count). The molecule has 1 amide bonds. The normalized spacial score (nSPS) is 20.5. The fourth-order valence-corrected chi connectivity index (χ4v) is 4.52. The number of rotatable bonds is 4. The summed E-state index contributed by atoms with van der Waals surface area (Å²) in [6, 6.07) is 14.5. The van der Waals surface area contributed by atoms with E-state index in [-0.39, 0.29) is 5.91 Å². The first-order chi connectivity index (χ1) is 12.7. The second kappa shape index (κ2) is 7.88. The Morgan fingerprint density at radius 2 is 1.85 bits per heavy atom. The predicted molar refractivity (Wildman–Crippen MR) is 111 cm³/mol. The summed E-state index contributed by atoms with van der Waals surface area (Å²) in [6.45, 7) is 4.84. The zero-order valence-electron chi connectivity index (χ0n) is 14.4. The molecule has 134 valence electrons. The van der Waals surface area contributed by atoms with Crippen LogP contribution in [0.25, 0.3) is 16.8 Å². The molecule has 26 heavy (non-hydrogen) atoms. The summed E-state index contributed by atoms with van der Waals surface area (Å²) in [4.78, 5) is 17.5. The van der Waals surface area contributed by atoms with Crippen molar-refractivity contribution in [2.24, 2.45) is 0 Å². The van der Waals surface area contributed by atoms with Gasteiger partial charge in [0.15, 0.2) is 0 Å². The number of ether oxygens (including phenoxy) is 1. The van der Waals surface area contributed by atoms with Crippen LogP contribution in [-0.4, -0.2) is 59.4 Å². The van der Waals surface area contributed by atoms with Crippen molar-refractivity contribution in [2.75, 3.05) is 39.4 Å². The van der Waals surface area contributed by atoms with Crippen LogP contribution in [0.1, 0.15) is 5.56 Å². The Kier molecular flexibility index (Phi) is 5.36. The van der Waals surface area contributed by atoms with E-state index in [0.29, 0.717) is 15.8 Å². The Morgan fingerprint density at radius 3 is 2.65 bits per heavy atom. The summed E-state index contributed by atoms with van der Waals surface area (Å²) < 4.78 is 6.01. The molecule has 2 saturated heterocycles. The minimum Gasteiger partial charge on any atom is -0.379 e. The van der Waals surface area contributed by atoms with Gasteiger partial charge in [-0.25, -0.2) is 0 Å². The topological polar surface area (TPSA) is 32.8 Å². The van der Waals surface area contributed by atoms with E-state index in [1.165, 1.54) is 22.5 Å². The molecule has 0 aliphatic carbocycles. The summed E-state index contributed by atoms with van der Waals surface area (Å²) in [5.74, 6) is 0.0152. The lowest BCUT2D eigenvalue weighted by Gasteiger charge is -2.28. The standard InChI is InChI=1S/C20H20N2O2S2/c23-19-18(14-15-5-6-16-3-1-2-4-17(16)13-15)26-20(25)22(19)8-7-21-9-11-24-12-10-21/h1-6,13-14H,7-12H2/b18-14-. The first-order valence-corrected chi connectivity index (χ1v) is 9.97. The van der Waals surface area contributed by atoms with Gasteiger partial charge in [0.05, 0.1) is 18.1 Å². The molecule has 0 aromatic heterocycles. The van der Waals surface area contributed by atoms with Crippen molar-refractivity contribution < 1.29 is 9.53 Å². The first-order valence-electron chi connectivity index (χ1n) is 8.75. The van der Waals surface area contributed by atoms with E-state index >= 15 is 0 Å². The number of hydrogen-bond donors (Lipinski definition) is 0. The van der Waals surface area contributed by atoms with Gasteiger partial charge in [0, 0.05) is 26.2 Å². The monoisotopic (exact) mass is 384 g/mol. The van der Waals surface area contributed by atoms with Crippen molar-refractivity contribution in [3.05, 3.63) is 52.9 Å². The fourth-order valence-electron chi connectivity index (χ4n) is 3.21. The van der Waals surface area contributed by atoms with Gasteiger partial charge in [-0.1, -0.05) is 60.4 Å². The summed E-state index contributed by atoms with van der Waals surface area (Å²) in [7, 11) is 0. The van der Waals surface area contributed by atoms with Crippen molar-refractivity contribution in [3.8, 4) is 0 Å². The van der Waals surface area contributed by atoms with Gasteiger partial charge in [0.2, 0.25) is 0 Å². The zero-order valence-corrected chi connectivity index (χ0v) is 16.0. The van der Waals surface area contributed by atoms with Gasteiger partial charge in [-0.05, 0) is 28.5 Å². The first kappa shape index (κ1) is 17.7. The summed E-state index contributed by atoms with van der Waals surface area (Å²) >= 11 is 6.83. The Hall–Kier alpha value is -1.73. The quantitative estimate of drug-likeness (QED) is 0.596. The Balaban J connectivity index is 1.47. The molecule has 0 saturated carbocycles. The highest BCUT2D eigenvalue weighted by molar-refractivity contribution is 8.26. The van der Waals surface area contributed by atoms with Crippen LogP contribution >= 0.6 is 24.0 Å². The highest BCUT2D eigenvalue weighted by Crippen LogP contribution is 2.32. The molecule has 2 heterocycles. The van der Waals surface area contributed by atoms with Crippen molar-refractivity contribution in [3.63, 3.8) is 0 Å². The van der Waals surface area contributed by atoms with Crippen LogP contribution in [0, 0.1) is 0 Å². The maximum atomic E-state index is 12.8. The predicted octanol–water partition coefficient (Wildman–Crippen LogP) is 3.37. The minimum absolute atomic E-state index is 0.0152. The molecule has 6 heteroatoms. The largest absolute Gasteiger partial charge is 0.379 e. The van der Waals surface area contributed by atoms with E-state index in [2.05, 4.69) is 29.2 Å². The van der Waals surface area contributed by atoms with E-state index in [0.717, 1.165) is 38.4 Å². The third kappa shape index (κ3) is 3.83. The van der Waals surface area contributed by atoms with Gasteiger partial charge in [-0.15, -0.1) is 0 Å². The molecule has 2 aliphatic rings. The molecule has 0 spiro atoms. The highest BCUT2D eigenvalue weighted by Gasteiger charge is 2.32.